The maximum Gasteiger partial charge on any atom is 0.303 e. The van der Waals surface area contributed by atoms with Crippen LogP contribution in [0.4, 0.5) is 0 Å². The minimum atomic E-state index is -0.745. The molecule has 0 aliphatic rings. The average Bonchev–Trinajstić information content (AvgIpc) is 2.40. The molecular formula is C12H27NO6. The number of aliphatic carboxylic acids is 3. The third kappa shape index (κ3) is 117. The van der Waals surface area contributed by atoms with Gasteiger partial charge in [-0.25, -0.2) is 0 Å². The van der Waals surface area contributed by atoms with E-state index in [2.05, 4.69) is 6.92 Å². The van der Waals surface area contributed by atoms with Gasteiger partial charge >= 0.3 is 17.9 Å². The van der Waals surface area contributed by atoms with E-state index in [0.29, 0.717) is 0 Å². The lowest BCUT2D eigenvalue weighted by Gasteiger charge is -1.71. The molecule has 0 aliphatic heterocycles. The molecule has 7 heteroatoms. The summed E-state index contributed by atoms with van der Waals surface area (Å²) < 4.78 is 0. The van der Waals surface area contributed by atoms with Crippen LogP contribution in [-0.4, -0.2) is 39.8 Å². The molecule has 0 aromatic carbocycles. The first-order valence-electron chi connectivity index (χ1n) is 6.08. The van der Waals surface area contributed by atoms with Gasteiger partial charge in [0.25, 0.3) is 0 Å². The van der Waals surface area contributed by atoms with E-state index in [-0.39, 0.29) is 19.3 Å². The summed E-state index contributed by atoms with van der Waals surface area (Å²) in [7, 11) is 0. The van der Waals surface area contributed by atoms with Crippen molar-refractivity contribution in [3.8, 4) is 0 Å². The van der Waals surface area contributed by atoms with Crippen molar-refractivity contribution in [3.05, 3.63) is 0 Å². The van der Waals surface area contributed by atoms with E-state index in [9.17, 15) is 14.4 Å². The van der Waals surface area contributed by atoms with Gasteiger partial charge in [-0.1, -0.05) is 27.7 Å². The maximum absolute atomic E-state index is 9.37. The van der Waals surface area contributed by atoms with Crippen molar-refractivity contribution in [2.45, 2.75) is 53.4 Å². The summed E-state index contributed by atoms with van der Waals surface area (Å²) in [5.41, 5.74) is 5.03. The highest BCUT2D eigenvalue weighted by Gasteiger charge is 1.81. The molecule has 7 nitrogen and oxygen atoms in total. The average molecular weight is 281 g/mol. The molecule has 0 fully saturated rings. The van der Waals surface area contributed by atoms with Gasteiger partial charge in [-0.05, 0) is 13.0 Å². The molecule has 0 aliphatic carbocycles. The molecule has 0 unspecified atom stereocenters. The fourth-order valence-electron chi connectivity index (χ4n) is 0. The van der Waals surface area contributed by atoms with Crippen molar-refractivity contribution in [1.29, 1.82) is 0 Å². The molecule has 0 bridgehead atoms. The highest BCUT2D eigenvalue weighted by molar-refractivity contribution is 5.66. The molecule has 0 atom stereocenters. The Hall–Kier alpha value is -1.63. The first-order chi connectivity index (χ1) is 8.72. The molecule has 0 aromatic heterocycles. The molecule has 0 radical (unpaired) electrons. The highest BCUT2D eigenvalue weighted by Crippen LogP contribution is 1.68. The number of hydrogen-bond donors (Lipinski definition) is 4. The van der Waals surface area contributed by atoms with E-state index in [0.717, 1.165) is 13.0 Å². The topological polar surface area (TPSA) is 138 Å². The van der Waals surface area contributed by atoms with Crippen LogP contribution in [0.25, 0.3) is 0 Å². The minimum absolute atomic E-state index is 0.222. The summed E-state index contributed by atoms with van der Waals surface area (Å²) in [4.78, 5) is 28.1. The predicted molar refractivity (Wildman–Crippen MR) is 73.1 cm³/mol. The number of nitrogens with two attached hydrogens (primary N) is 1. The zero-order valence-electron chi connectivity index (χ0n) is 12.2. The van der Waals surface area contributed by atoms with E-state index in [4.69, 9.17) is 21.1 Å². The maximum atomic E-state index is 9.37. The number of carbonyl (C=O) groups is 3. The number of hydrogen-bond acceptors (Lipinski definition) is 4. The van der Waals surface area contributed by atoms with Crippen LogP contribution >= 0.6 is 0 Å². The number of carboxylic acid groups (broad SMARTS) is 3. The second-order valence-electron chi connectivity index (χ2n) is 3.03. The molecule has 19 heavy (non-hydrogen) atoms. The van der Waals surface area contributed by atoms with Gasteiger partial charge in [-0.15, -0.1) is 0 Å². The lowest BCUT2D eigenvalue weighted by atomic mass is 10.5. The predicted octanol–water partition coefficient (Wildman–Crippen LogP) is 1.80. The van der Waals surface area contributed by atoms with E-state index in [1.54, 1.807) is 20.8 Å². The summed E-state index contributed by atoms with van der Waals surface area (Å²) in [5, 5.41) is 23.2. The first-order valence-corrected chi connectivity index (χ1v) is 6.08. The quantitative estimate of drug-likeness (QED) is 0.616. The van der Waals surface area contributed by atoms with Gasteiger partial charge < -0.3 is 21.1 Å². The van der Waals surface area contributed by atoms with E-state index >= 15 is 0 Å². The van der Waals surface area contributed by atoms with Gasteiger partial charge in [0.1, 0.15) is 0 Å². The molecule has 0 spiro atoms. The van der Waals surface area contributed by atoms with Gasteiger partial charge in [-0.3, -0.25) is 14.4 Å². The van der Waals surface area contributed by atoms with Crippen molar-refractivity contribution in [2.75, 3.05) is 6.54 Å². The molecule has 0 rings (SSSR count). The van der Waals surface area contributed by atoms with Crippen molar-refractivity contribution >= 4 is 17.9 Å². The zero-order chi connectivity index (χ0) is 16.3. The van der Waals surface area contributed by atoms with Gasteiger partial charge in [0.05, 0.1) is 0 Å². The Bertz CT molecular complexity index is 183. The second kappa shape index (κ2) is 25.3. The number of rotatable bonds is 4. The highest BCUT2D eigenvalue weighted by atomic mass is 16.4. The third-order valence-electron chi connectivity index (χ3n) is 1.20. The first kappa shape index (κ1) is 26.0. The van der Waals surface area contributed by atoms with Crippen LogP contribution in [0.2, 0.25) is 0 Å². The van der Waals surface area contributed by atoms with Crippen LogP contribution in [0.1, 0.15) is 53.4 Å². The van der Waals surface area contributed by atoms with Crippen molar-refractivity contribution < 1.29 is 29.7 Å². The van der Waals surface area contributed by atoms with Crippen molar-refractivity contribution in [2.24, 2.45) is 5.73 Å². The second-order valence-corrected chi connectivity index (χ2v) is 3.03. The molecule has 0 saturated carbocycles. The van der Waals surface area contributed by atoms with Crippen LogP contribution in [0.3, 0.4) is 0 Å². The van der Waals surface area contributed by atoms with Crippen LogP contribution in [0.15, 0.2) is 0 Å². The Kier molecular flexibility index (Phi) is 34.6. The van der Waals surface area contributed by atoms with Crippen LogP contribution in [0.5, 0.6) is 0 Å². The molecule has 116 valence electrons. The van der Waals surface area contributed by atoms with Gasteiger partial charge in [0.15, 0.2) is 0 Å². The molecular weight excluding hydrogens is 254 g/mol. The lowest BCUT2D eigenvalue weighted by Crippen LogP contribution is -1.93. The molecule has 5 N–H and O–H groups in total. The Balaban J connectivity index is -0.0000000793. The monoisotopic (exact) mass is 281 g/mol. The Morgan fingerprint density at radius 3 is 0.842 bits per heavy atom. The summed E-state index contributed by atoms with van der Waals surface area (Å²) in [5.74, 6) is -2.24. The Labute approximate surface area is 114 Å². The van der Waals surface area contributed by atoms with Crippen molar-refractivity contribution in [3.63, 3.8) is 0 Å². The largest absolute Gasteiger partial charge is 0.481 e. The number of carboxylic acids is 3. The van der Waals surface area contributed by atoms with Crippen molar-refractivity contribution in [1.82, 2.24) is 0 Å². The summed E-state index contributed by atoms with van der Waals surface area (Å²) in [6.07, 6.45) is 1.76. The van der Waals surface area contributed by atoms with E-state index < -0.39 is 17.9 Å². The zero-order valence-corrected chi connectivity index (χ0v) is 12.2. The SMILES string of the molecule is CCC(=O)O.CCC(=O)O.CCC(=O)O.CCCN. The summed E-state index contributed by atoms with van der Waals surface area (Å²) in [6.45, 7) is 7.67. The van der Waals surface area contributed by atoms with Crippen LogP contribution in [-0.2, 0) is 14.4 Å². The normalized spacial score (nSPS) is 7.42. The van der Waals surface area contributed by atoms with Crippen LogP contribution < -0.4 is 5.73 Å². The summed E-state index contributed by atoms with van der Waals surface area (Å²) in [6, 6.07) is 0. The summed E-state index contributed by atoms with van der Waals surface area (Å²) >= 11 is 0. The fraction of sp³-hybridized carbons (Fsp3) is 0.750. The van der Waals surface area contributed by atoms with E-state index in [1.807, 2.05) is 0 Å². The lowest BCUT2D eigenvalue weighted by molar-refractivity contribution is -0.137. The molecule has 0 amide bonds. The van der Waals surface area contributed by atoms with Gasteiger partial charge in [-0.2, -0.15) is 0 Å². The third-order valence-corrected chi connectivity index (χ3v) is 1.20. The fourth-order valence-corrected chi connectivity index (χ4v) is 0. The van der Waals surface area contributed by atoms with Crippen LogP contribution in [0, 0.1) is 0 Å². The molecule has 0 heterocycles. The molecule has 0 saturated heterocycles. The van der Waals surface area contributed by atoms with E-state index in [1.165, 1.54) is 0 Å². The minimum Gasteiger partial charge on any atom is -0.481 e. The smallest absolute Gasteiger partial charge is 0.303 e. The van der Waals surface area contributed by atoms with Gasteiger partial charge in [0, 0.05) is 19.3 Å². The Morgan fingerprint density at radius 1 is 0.737 bits per heavy atom. The van der Waals surface area contributed by atoms with Gasteiger partial charge in [0.2, 0.25) is 0 Å². The Morgan fingerprint density at radius 2 is 0.842 bits per heavy atom. The standard InChI is InChI=1S/C3H9N.3C3H6O2/c1-2-3-4;3*1-2-3(4)5/h2-4H2,1H3;3*2H2,1H3,(H,4,5). The molecule has 0 aromatic rings.